The van der Waals surface area contributed by atoms with Crippen LogP contribution in [-0.4, -0.2) is 48.5 Å². The zero-order chi connectivity index (χ0) is 31.5. The number of nitrogens with zero attached hydrogens (tertiary/aromatic N) is 2. The molecule has 1 unspecified atom stereocenters. The summed E-state index contributed by atoms with van der Waals surface area (Å²) in [6.07, 6.45) is 0.213. The number of hydrogen-bond acceptors (Lipinski definition) is 7. The van der Waals surface area contributed by atoms with Crippen LogP contribution in [0.4, 0.5) is 0 Å². The molecular weight excluding hydrogens is 554 g/mol. The maximum absolute atomic E-state index is 14.5. The lowest BCUT2D eigenvalue weighted by Gasteiger charge is -2.31. The molecule has 4 aromatic carbocycles. The molecule has 0 bridgehead atoms. The summed E-state index contributed by atoms with van der Waals surface area (Å²) in [4.78, 5) is 41.5. The van der Waals surface area contributed by atoms with Crippen molar-refractivity contribution in [3.63, 3.8) is 0 Å². The minimum atomic E-state index is -1.17. The summed E-state index contributed by atoms with van der Waals surface area (Å²) in [5, 5.41) is 10.3. The molecule has 0 aliphatic carbocycles. The number of hydrogen-bond donors (Lipinski definition) is 1. The number of imide groups is 1. The van der Waals surface area contributed by atoms with Gasteiger partial charge in [-0.2, -0.15) is 5.26 Å². The van der Waals surface area contributed by atoms with Crippen molar-refractivity contribution in [1.29, 1.82) is 5.26 Å². The predicted octanol–water partition coefficient (Wildman–Crippen LogP) is 5.20. The summed E-state index contributed by atoms with van der Waals surface area (Å²) in [6.45, 7) is 1.94. The number of carbonyl (C=O) groups excluding carboxylic acids is 3. The lowest BCUT2D eigenvalue weighted by Crippen LogP contribution is -2.53. The van der Waals surface area contributed by atoms with Gasteiger partial charge >= 0.3 is 5.97 Å². The zero-order valence-corrected chi connectivity index (χ0v) is 24.8. The van der Waals surface area contributed by atoms with Gasteiger partial charge in [-0.05, 0) is 48.2 Å². The molecule has 2 atom stereocenters. The summed E-state index contributed by atoms with van der Waals surface area (Å²) in [7, 11) is 1.29. The van der Waals surface area contributed by atoms with Crippen molar-refractivity contribution >= 4 is 17.8 Å². The van der Waals surface area contributed by atoms with E-state index in [1.165, 1.54) is 13.2 Å². The first-order valence-electron chi connectivity index (χ1n) is 14.3. The smallest absolute Gasteiger partial charge is 0.337 e. The van der Waals surface area contributed by atoms with E-state index in [0.717, 1.165) is 16.0 Å². The molecule has 4 aromatic rings. The van der Waals surface area contributed by atoms with Crippen molar-refractivity contribution in [2.45, 2.75) is 37.8 Å². The van der Waals surface area contributed by atoms with Crippen LogP contribution >= 0.6 is 0 Å². The van der Waals surface area contributed by atoms with E-state index in [9.17, 15) is 19.6 Å². The Labute approximate surface area is 257 Å². The minimum absolute atomic E-state index is 0.00558. The van der Waals surface area contributed by atoms with Crippen molar-refractivity contribution in [3.05, 3.63) is 137 Å². The van der Waals surface area contributed by atoms with Crippen molar-refractivity contribution in [1.82, 2.24) is 4.90 Å². The summed E-state index contributed by atoms with van der Waals surface area (Å²) in [5.74, 6) is -2.17. The van der Waals surface area contributed by atoms with Gasteiger partial charge in [0.15, 0.2) is 0 Å². The zero-order valence-electron chi connectivity index (χ0n) is 24.8. The number of carbonyl (C=O) groups is 3. The number of esters is 1. The van der Waals surface area contributed by atoms with Crippen LogP contribution in [0.25, 0.3) is 0 Å². The highest BCUT2D eigenvalue weighted by molar-refractivity contribution is 6.02. The molecule has 0 heterocycles. The highest BCUT2D eigenvalue weighted by atomic mass is 16.5. The van der Waals surface area contributed by atoms with Gasteiger partial charge in [-0.15, -0.1) is 0 Å². The Morgan fingerprint density at radius 2 is 1.48 bits per heavy atom. The standard InChI is InChI=1S/C36H35N3O5/c1-25-11-9-12-26(21-25)22-32(38)34(40)39(30(24-37)19-20-44-31-18-10-17-29(23-31)36(42)43-2)35(41)33(27-13-5-3-6-14-27)28-15-7-4-8-16-28/h3-18,21,23,30,32-33H,19-20,22,38H2,1-2H3/t30?,32-/m0/s1. The monoisotopic (exact) mass is 589 g/mol. The second-order valence-electron chi connectivity index (χ2n) is 10.4. The second kappa shape index (κ2) is 15.3. The molecule has 0 saturated carbocycles. The average Bonchev–Trinajstić information content (AvgIpc) is 3.05. The molecule has 0 aliphatic heterocycles. The Morgan fingerprint density at radius 3 is 2.07 bits per heavy atom. The maximum Gasteiger partial charge on any atom is 0.337 e. The molecule has 0 radical (unpaired) electrons. The molecule has 2 amide bonds. The Hall–Kier alpha value is -5.26. The first-order valence-corrected chi connectivity index (χ1v) is 14.3. The van der Waals surface area contributed by atoms with Crippen molar-refractivity contribution in [3.8, 4) is 11.8 Å². The van der Waals surface area contributed by atoms with E-state index in [2.05, 4.69) is 6.07 Å². The SMILES string of the molecule is COC(=O)c1cccc(OCCC(C#N)N(C(=O)C(c2ccccc2)c2ccccc2)C(=O)[C@@H](N)Cc2cccc(C)c2)c1. The van der Waals surface area contributed by atoms with E-state index in [-0.39, 0.29) is 19.4 Å². The summed E-state index contributed by atoms with van der Waals surface area (Å²) < 4.78 is 10.6. The fraction of sp³-hybridized carbons (Fsp3) is 0.222. The molecule has 0 aromatic heterocycles. The van der Waals surface area contributed by atoms with Crippen LogP contribution in [0, 0.1) is 18.3 Å². The van der Waals surface area contributed by atoms with E-state index in [4.69, 9.17) is 15.2 Å². The molecule has 44 heavy (non-hydrogen) atoms. The molecule has 0 spiro atoms. The third kappa shape index (κ3) is 7.97. The van der Waals surface area contributed by atoms with Crippen LogP contribution in [0.1, 0.15) is 45.0 Å². The first-order chi connectivity index (χ1) is 21.3. The highest BCUT2D eigenvalue weighted by Crippen LogP contribution is 2.29. The van der Waals surface area contributed by atoms with Gasteiger partial charge in [0, 0.05) is 6.42 Å². The van der Waals surface area contributed by atoms with E-state index in [1.54, 1.807) is 18.2 Å². The van der Waals surface area contributed by atoms with E-state index < -0.39 is 35.8 Å². The lowest BCUT2D eigenvalue weighted by atomic mass is 9.89. The van der Waals surface area contributed by atoms with Crippen LogP contribution in [0.2, 0.25) is 0 Å². The molecule has 0 aliphatic rings. The van der Waals surface area contributed by atoms with Crippen molar-refractivity contribution in [2.24, 2.45) is 5.73 Å². The number of amides is 2. The Balaban J connectivity index is 1.65. The molecule has 8 heteroatoms. The third-order valence-electron chi connectivity index (χ3n) is 7.22. The Kier molecular flexibility index (Phi) is 11.0. The fourth-order valence-electron chi connectivity index (χ4n) is 5.05. The predicted molar refractivity (Wildman–Crippen MR) is 167 cm³/mol. The maximum atomic E-state index is 14.5. The van der Waals surface area contributed by atoms with Gasteiger partial charge in [-0.3, -0.25) is 14.5 Å². The van der Waals surface area contributed by atoms with Gasteiger partial charge in [0.1, 0.15) is 11.8 Å². The van der Waals surface area contributed by atoms with E-state index in [0.29, 0.717) is 22.4 Å². The van der Waals surface area contributed by atoms with Gasteiger partial charge in [0.05, 0.1) is 37.3 Å². The summed E-state index contributed by atoms with van der Waals surface area (Å²) in [6, 6.07) is 32.3. The fourth-order valence-corrected chi connectivity index (χ4v) is 5.05. The number of rotatable bonds is 12. The lowest BCUT2D eigenvalue weighted by molar-refractivity contribution is -0.148. The molecular formula is C36H35N3O5. The quantitative estimate of drug-likeness (QED) is 0.225. The number of nitriles is 1. The Morgan fingerprint density at radius 1 is 0.841 bits per heavy atom. The minimum Gasteiger partial charge on any atom is -0.493 e. The molecule has 8 nitrogen and oxygen atoms in total. The number of methoxy groups -OCH3 is 1. The molecule has 0 fully saturated rings. The third-order valence-corrected chi connectivity index (χ3v) is 7.22. The van der Waals surface area contributed by atoms with Gasteiger partial charge in [-0.1, -0.05) is 96.6 Å². The molecule has 224 valence electrons. The van der Waals surface area contributed by atoms with Crippen molar-refractivity contribution < 1.29 is 23.9 Å². The first kappa shape index (κ1) is 31.7. The normalized spacial score (nSPS) is 12.1. The number of nitrogens with two attached hydrogens (primary N) is 1. The largest absolute Gasteiger partial charge is 0.493 e. The van der Waals surface area contributed by atoms with Crippen LogP contribution in [0.5, 0.6) is 5.75 Å². The van der Waals surface area contributed by atoms with Crippen molar-refractivity contribution in [2.75, 3.05) is 13.7 Å². The topological polar surface area (TPSA) is 123 Å². The molecule has 0 saturated heterocycles. The van der Waals surface area contributed by atoms with Gasteiger partial charge in [0.2, 0.25) is 11.8 Å². The van der Waals surface area contributed by atoms with Gasteiger partial charge in [-0.25, -0.2) is 4.79 Å². The van der Waals surface area contributed by atoms with Crippen LogP contribution in [0.3, 0.4) is 0 Å². The summed E-state index contributed by atoms with van der Waals surface area (Å²) in [5.41, 5.74) is 10.0. The second-order valence-corrected chi connectivity index (χ2v) is 10.4. The molecule has 2 N–H and O–H groups in total. The van der Waals surface area contributed by atoms with Crippen LogP contribution in [-0.2, 0) is 20.7 Å². The van der Waals surface area contributed by atoms with Crippen LogP contribution in [0.15, 0.2) is 109 Å². The number of aryl methyl sites for hydroxylation is 1. The summed E-state index contributed by atoms with van der Waals surface area (Å²) >= 11 is 0. The van der Waals surface area contributed by atoms with E-state index >= 15 is 0 Å². The number of benzene rings is 4. The molecule has 4 rings (SSSR count). The highest BCUT2D eigenvalue weighted by Gasteiger charge is 2.38. The van der Waals surface area contributed by atoms with Gasteiger partial charge < -0.3 is 15.2 Å². The Bertz CT molecular complexity index is 1580. The number of ether oxygens (including phenoxy) is 2. The van der Waals surface area contributed by atoms with Crippen LogP contribution < -0.4 is 10.5 Å². The van der Waals surface area contributed by atoms with Gasteiger partial charge in [0.25, 0.3) is 0 Å². The average molecular weight is 590 g/mol. The van der Waals surface area contributed by atoms with E-state index in [1.807, 2.05) is 91.9 Å².